The van der Waals surface area contributed by atoms with Gasteiger partial charge in [-0.05, 0) is 24.6 Å². The maximum Gasteiger partial charge on any atom is 0.0650 e. The Morgan fingerprint density at radius 1 is 1.42 bits per heavy atom. The Morgan fingerprint density at radius 2 is 1.92 bits per heavy atom. The van der Waals surface area contributed by atoms with Crippen molar-refractivity contribution in [1.29, 1.82) is 0 Å². The van der Waals surface area contributed by atoms with Gasteiger partial charge in [-0.15, -0.1) is 0 Å². The van der Waals surface area contributed by atoms with Gasteiger partial charge in [0.25, 0.3) is 0 Å². The molecule has 1 atom stereocenters. The summed E-state index contributed by atoms with van der Waals surface area (Å²) in [6.45, 7) is 1.70. The smallest absolute Gasteiger partial charge is 0.0650 e. The largest absolute Gasteiger partial charge is 0.394 e. The highest BCUT2D eigenvalue weighted by atomic mass is 35.5. The van der Waals surface area contributed by atoms with Crippen LogP contribution >= 0.6 is 11.6 Å². The molecule has 0 amide bonds. The number of aliphatic hydroxyl groups is 1. The SMILES string of the molecule is C[C@](N)(CO)c1ccc(Cl)cc1. The van der Waals surface area contributed by atoms with Crippen molar-refractivity contribution < 1.29 is 5.11 Å². The van der Waals surface area contributed by atoms with E-state index >= 15 is 0 Å². The molecule has 0 aliphatic rings. The molecule has 66 valence electrons. The summed E-state index contributed by atoms with van der Waals surface area (Å²) in [6, 6.07) is 7.16. The predicted octanol–water partition coefficient (Wildman–Crippen LogP) is 1.51. The fraction of sp³-hybridized carbons (Fsp3) is 0.333. The summed E-state index contributed by atoms with van der Waals surface area (Å²) in [4.78, 5) is 0. The summed E-state index contributed by atoms with van der Waals surface area (Å²) in [5, 5.41) is 9.63. The molecule has 0 aliphatic heterocycles. The van der Waals surface area contributed by atoms with E-state index < -0.39 is 5.54 Å². The second-order valence-corrected chi connectivity index (χ2v) is 3.52. The fourth-order valence-electron chi connectivity index (χ4n) is 0.922. The molecule has 12 heavy (non-hydrogen) atoms. The lowest BCUT2D eigenvalue weighted by Crippen LogP contribution is -2.36. The van der Waals surface area contributed by atoms with E-state index in [2.05, 4.69) is 0 Å². The van der Waals surface area contributed by atoms with Crippen molar-refractivity contribution in [3.05, 3.63) is 34.9 Å². The first-order chi connectivity index (χ1) is 5.56. The molecule has 0 saturated carbocycles. The van der Waals surface area contributed by atoms with Crippen molar-refractivity contribution in [2.24, 2.45) is 5.73 Å². The number of nitrogens with two attached hydrogens (primary N) is 1. The standard InChI is InChI=1S/C9H12ClNO/c1-9(11,6-12)7-2-4-8(10)5-3-7/h2-5,12H,6,11H2,1H3/t9-/m0/s1. The monoisotopic (exact) mass is 185 g/mol. The quantitative estimate of drug-likeness (QED) is 0.734. The Balaban J connectivity index is 2.96. The lowest BCUT2D eigenvalue weighted by Gasteiger charge is -2.21. The van der Waals surface area contributed by atoms with Crippen LogP contribution in [0.2, 0.25) is 5.02 Å². The number of hydrogen-bond donors (Lipinski definition) is 2. The van der Waals surface area contributed by atoms with Gasteiger partial charge in [-0.2, -0.15) is 0 Å². The van der Waals surface area contributed by atoms with Crippen LogP contribution in [0, 0.1) is 0 Å². The van der Waals surface area contributed by atoms with Gasteiger partial charge in [0.2, 0.25) is 0 Å². The van der Waals surface area contributed by atoms with Crippen molar-refractivity contribution >= 4 is 11.6 Å². The molecule has 0 radical (unpaired) electrons. The zero-order valence-corrected chi connectivity index (χ0v) is 7.67. The molecular formula is C9H12ClNO. The third kappa shape index (κ3) is 1.97. The third-order valence-electron chi connectivity index (χ3n) is 1.83. The van der Waals surface area contributed by atoms with Gasteiger partial charge >= 0.3 is 0 Å². The van der Waals surface area contributed by atoms with Crippen LogP contribution in [0.1, 0.15) is 12.5 Å². The van der Waals surface area contributed by atoms with Gasteiger partial charge in [-0.25, -0.2) is 0 Å². The number of halogens is 1. The molecule has 1 aromatic rings. The molecule has 0 bridgehead atoms. The summed E-state index contributed by atoms with van der Waals surface area (Å²) in [5.41, 5.74) is 6.00. The van der Waals surface area contributed by atoms with Gasteiger partial charge < -0.3 is 10.8 Å². The molecule has 0 aromatic heterocycles. The molecule has 0 fully saturated rings. The molecule has 1 rings (SSSR count). The van der Waals surface area contributed by atoms with Gasteiger partial charge in [-0.3, -0.25) is 0 Å². The summed E-state index contributed by atoms with van der Waals surface area (Å²) in [6.07, 6.45) is 0. The average Bonchev–Trinajstić information content (AvgIpc) is 2.05. The van der Waals surface area contributed by atoms with Crippen LogP contribution in [-0.2, 0) is 5.54 Å². The van der Waals surface area contributed by atoms with Crippen LogP contribution < -0.4 is 5.73 Å². The lowest BCUT2D eigenvalue weighted by molar-refractivity contribution is 0.210. The first kappa shape index (κ1) is 9.52. The average molecular weight is 186 g/mol. The molecule has 3 N–H and O–H groups in total. The van der Waals surface area contributed by atoms with Crippen molar-refractivity contribution in [2.45, 2.75) is 12.5 Å². The van der Waals surface area contributed by atoms with Crippen LogP contribution in [0.3, 0.4) is 0 Å². The fourth-order valence-corrected chi connectivity index (χ4v) is 1.05. The van der Waals surface area contributed by atoms with Crippen LogP contribution in [-0.4, -0.2) is 11.7 Å². The molecule has 0 aliphatic carbocycles. The van der Waals surface area contributed by atoms with E-state index in [0.29, 0.717) is 5.02 Å². The summed E-state index contributed by atoms with van der Waals surface area (Å²) in [5.74, 6) is 0. The zero-order chi connectivity index (χ0) is 9.19. The molecule has 3 heteroatoms. The normalized spacial score (nSPS) is 15.7. The number of aliphatic hydroxyl groups excluding tert-OH is 1. The summed E-state index contributed by atoms with van der Waals surface area (Å²) < 4.78 is 0. The van der Waals surface area contributed by atoms with E-state index in [0.717, 1.165) is 5.56 Å². The molecule has 0 saturated heterocycles. The van der Waals surface area contributed by atoms with Crippen molar-refractivity contribution in [1.82, 2.24) is 0 Å². The third-order valence-corrected chi connectivity index (χ3v) is 2.08. The maximum atomic E-state index is 8.96. The van der Waals surface area contributed by atoms with Crippen LogP contribution in [0.15, 0.2) is 24.3 Å². The van der Waals surface area contributed by atoms with Crippen LogP contribution in [0.25, 0.3) is 0 Å². The highest BCUT2D eigenvalue weighted by Crippen LogP contribution is 2.19. The highest BCUT2D eigenvalue weighted by molar-refractivity contribution is 6.30. The Morgan fingerprint density at radius 3 is 2.33 bits per heavy atom. The molecule has 0 heterocycles. The first-order valence-electron chi connectivity index (χ1n) is 3.72. The van der Waals surface area contributed by atoms with E-state index in [1.807, 2.05) is 12.1 Å². The Kier molecular flexibility index (Phi) is 2.73. The predicted molar refractivity (Wildman–Crippen MR) is 50.1 cm³/mol. The van der Waals surface area contributed by atoms with E-state index in [9.17, 15) is 0 Å². The minimum absolute atomic E-state index is 0.0748. The summed E-state index contributed by atoms with van der Waals surface area (Å²) in [7, 11) is 0. The second kappa shape index (κ2) is 3.44. The van der Waals surface area contributed by atoms with Crippen molar-refractivity contribution in [3.8, 4) is 0 Å². The summed E-state index contributed by atoms with van der Waals surface area (Å²) >= 11 is 5.70. The molecule has 0 spiro atoms. The van der Waals surface area contributed by atoms with Gasteiger partial charge in [0, 0.05) is 5.02 Å². The van der Waals surface area contributed by atoms with Crippen molar-refractivity contribution in [3.63, 3.8) is 0 Å². The van der Waals surface area contributed by atoms with Crippen LogP contribution in [0.4, 0.5) is 0 Å². The molecule has 0 unspecified atom stereocenters. The first-order valence-corrected chi connectivity index (χ1v) is 4.10. The highest BCUT2D eigenvalue weighted by Gasteiger charge is 2.18. The minimum Gasteiger partial charge on any atom is -0.394 e. The van der Waals surface area contributed by atoms with Gasteiger partial charge in [0.1, 0.15) is 0 Å². The number of rotatable bonds is 2. The van der Waals surface area contributed by atoms with E-state index in [-0.39, 0.29) is 6.61 Å². The van der Waals surface area contributed by atoms with E-state index in [4.69, 9.17) is 22.4 Å². The second-order valence-electron chi connectivity index (χ2n) is 3.08. The molecule has 2 nitrogen and oxygen atoms in total. The molecular weight excluding hydrogens is 174 g/mol. The lowest BCUT2D eigenvalue weighted by atomic mass is 9.94. The zero-order valence-electron chi connectivity index (χ0n) is 6.92. The Hall–Kier alpha value is -0.570. The molecule has 1 aromatic carbocycles. The maximum absolute atomic E-state index is 8.96. The van der Waals surface area contributed by atoms with E-state index in [1.165, 1.54) is 0 Å². The van der Waals surface area contributed by atoms with Gasteiger partial charge in [0.15, 0.2) is 0 Å². The van der Waals surface area contributed by atoms with E-state index in [1.54, 1.807) is 19.1 Å². The minimum atomic E-state index is -0.676. The number of hydrogen-bond acceptors (Lipinski definition) is 2. The van der Waals surface area contributed by atoms with Gasteiger partial charge in [0.05, 0.1) is 12.1 Å². The van der Waals surface area contributed by atoms with Gasteiger partial charge in [-0.1, -0.05) is 23.7 Å². The van der Waals surface area contributed by atoms with Crippen molar-refractivity contribution in [2.75, 3.05) is 6.61 Å². The Bertz CT molecular complexity index is 256. The number of benzene rings is 1. The van der Waals surface area contributed by atoms with Crippen LogP contribution in [0.5, 0.6) is 0 Å². The Labute approximate surface area is 77.0 Å². The topological polar surface area (TPSA) is 46.2 Å².